The number of hydrogen-bond donors (Lipinski definition) is 0. The van der Waals surface area contributed by atoms with Crippen LogP contribution in [0.3, 0.4) is 0 Å². The highest BCUT2D eigenvalue weighted by molar-refractivity contribution is 5.95. The quantitative estimate of drug-likeness (QED) is 0.482. The summed E-state index contributed by atoms with van der Waals surface area (Å²) in [7, 11) is 0. The van der Waals surface area contributed by atoms with Gasteiger partial charge >= 0.3 is 0 Å². The third-order valence-corrected chi connectivity index (χ3v) is 6.30. The van der Waals surface area contributed by atoms with Crippen molar-refractivity contribution in [3.63, 3.8) is 0 Å². The minimum atomic E-state index is 0.0854. The Morgan fingerprint density at radius 3 is 2.24 bits per heavy atom. The van der Waals surface area contributed by atoms with E-state index in [0.717, 1.165) is 58.0 Å². The Balaban J connectivity index is 1.45. The number of nitrogens with zero attached hydrogens (tertiary/aromatic N) is 6. The molecule has 0 saturated carbocycles. The Kier molecular flexibility index (Phi) is 5.32. The Morgan fingerprint density at radius 1 is 0.848 bits per heavy atom. The maximum Gasteiger partial charge on any atom is 0.253 e. The van der Waals surface area contributed by atoms with Gasteiger partial charge in [-0.05, 0) is 51.5 Å². The van der Waals surface area contributed by atoms with Gasteiger partial charge in [-0.2, -0.15) is 5.10 Å². The zero-order chi connectivity index (χ0) is 23.1. The molecule has 7 heteroatoms. The number of benzene rings is 2. The van der Waals surface area contributed by atoms with Crippen LogP contribution in [0, 0.1) is 27.7 Å². The molecule has 0 atom stereocenters. The highest BCUT2D eigenvalue weighted by Gasteiger charge is 2.26. The molecule has 1 aliphatic heterocycles. The molecule has 7 nitrogen and oxygen atoms in total. The van der Waals surface area contributed by atoms with Gasteiger partial charge in [0.15, 0.2) is 5.65 Å². The zero-order valence-electron chi connectivity index (χ0n) is 19.5. The van der Waals surface area contributed by atoms with E-state index < -0.39 is 0 Å². The van der Waals surface area contributed by atoms with E-state index in [2.05, 4.69) is 24.0 Å². The summed E-state index contributed by atoms with van der Waals surface area (Å²) in [5, 5.41) is 5.80. The molecule has 168 valence electrons. The topological polar surface area (TPSA) is 67.2 Å². The third kappa shape index (κ3) is 3.84. The molecule has 0 unspecified atom stereocenters. The van der Waals surface area contributed by atoms with E-state index >= 15 is 0 Å². The van der Waals surface area contributed by atoms with Gasteiger partial charge in [-0.3, -0.25) is 4.79 Å². The summed E-state index contributed by atoms with van der Waals surface area (Å²) in [5.74, 6) is 1.70. The lowest BCUT2D eigenvalue weighted by Crippen LogP contribution is -2.49. The van der Waals surface area contributed by atoms with E-state index in [1.165, 1.54) is 0 Å². The monoisotopic (exact) mass is 440 g/mol. The van der Waals surface area contributed by atoms with Gasteiger partial charge in [0.25, 0.3) is 5.91 Å². The molecule has 3 heterocycles. The number of anilines is 1. The zero-order valence-corrected chi connectivity index (χ0v) is 19.5. The predicted molar refractivity (Wildman–Crippen MR) is 130 cm³/mol. The maximum atomic E-state index is 12.9. The van der Waals surface area contributed by atoms with Crippen LogP contribution in [0.1, 0.15) is 33.0 Å². The van der Waals surface area contributed by atoms with Gasteiger partial charge in [0, 0.05) is 31.7 Å². The summed E-state index contributed by atoms with van der Waals surface area (Å²) in [6.07, 6.45) is 0. The van der Waals surface area contributed by atoms with E-state index in [4.69, 9.17) is 15.1 Å². The van der Waals surface area contributed by atoms with Crippen molar-refractivity contribution in [2.24, 2.45) is 0 Å². The van der Waals surface area contributed by atoms with Crippen molar-refractivity contribution in [1.82, 2.24) is 24.6 Å². The highest BCUT2D eigenvalue weighted by atomic mass is 16.2. The number of aromatic nitrogens is 4. The van der Waals surface area contributed by atoms with E-state index in [0.29, 0.717) is 18.9 Å². The van der Waals surface area contributed by atoms with Crippen LogP contribution < -0.4 is 4.90 Å². The minimum absolute atomic E-state index is 0.0854. The highest BCUT2D eigenvalue weighted by Crippen LogP contribution is 2.30. The molecular weight excluding hydrogens is 412 g/mol. The first-order chi connectivity index (χ1) is 15.9. The summed E-state index contributed by atoms with van der Waals surface area (Å²) in [4.78, 5) is 26.7. The molecule has 4 aromatic rings. The number of aryl methyl sites for hydroxylation is 4. The SMILES string of the molecule is Cc1ccc(C(=O)N2CCN(c3nc(C)nc4c3c(C)nn4-c3ccccc3C)CC2)cc1. The average Bonchev–Trinajstić information content (AvgIpc) is 3.15. The molecule has 1 amide bonds. The molecule has 1 saturated heterocycles. The van der Waals surface area contributed by atoms with Gasteiger partial charge in [-0.1, -0.05) is 35.9 Å². The number of hydrogen-bond acceptors (Lipinski definition) is 5. The van der Waals surface area contributed by atoms with Crippen molar-refractivity contribution in [2.75, 3.05) is 31.1 Å². The number of carbonyl (C=O) groups is 1. The number of amides is 1. The summed E-state index contributed by atoms with van der Waals surface area (Å²) in [6, 6.07) is 16.0. The second kappa shape index (κ2) is 8.31. The van der Waals surface area contributed by atoms with Crippen LogP contribution in [0.25, 0.3) is 16.7 Å². The van der Waals surface area contributed by atoms with Crippen LogP contribution in [-0.4, -0.2) is 56.7 Å². The molecule has 2 aromatic heterocycles. The number of para-hydroxylation sites is 1. The van der Waals surface area contributed by atoms with Gasteiger partial charge in [0.2, 0.25) is 0 Å². The first-order valence-corrected chi connectivity index (χ1v) is 11.3. The largest absolute Gasteiger partial charge is 0.352 e. The van der Waals surface area contributed by atoms with Crippen molar-refractivity contribution in [2.45, 2.75) is 27.7 Å². The van der Waals surface area contributed by atoms with Crippen molar-refractivity contribution >= 4 is 22.8 Å². The van der Waals surface area contributed by atoms with Crippen LogP contribution in [0.5, 0.6) is 0 Å². The van der Waals surface area contributed by atoms with Gasteiger partial charge in [-0.25, -0.2) is 14.6 Å². The molecule has 0 N–H and O–H groups in total. The van der Waals surface area contributed by atoms with Crippen molar-refractivity contribution < 1.29 is 4.79 Å². The van der Waals surface area contributed by atoms with E-state index in [1.807, 2.05) is 66.8 Å². The van der Waals surface area contributed by atoms with E-state index in [1.54, 1.807) is 0 Å². The lowest BCUT2D eigenvalue weighted by Gasteiger charge is -2.35. The van der Waals surface area contributed by atoms with Crippen molar-refractivity contribution in [3.8, 4) is 5.69 Å². The van der Waals surface area contributed by atoms with Crippen LogP contribution in [0.2, 0.25) is 0 Å². The summed E-state index contributed by atoms with van der Waals surface area (Å²) < 4.78 is 1.93. The Hall–Kier alpha value is -3.74. The van der Waals surface area contributed by atoms with E-state index in [9.17, 15) is 4.79 Å². The van der Waals surface area contributed by atoms with Crippen molar-refractivity contribution in [1.29, 1.82) is 0 Å². The first-order valence-electron chi connectivity index (χ1n) is 11.3. The molecule has 2 aromatic carbocycles. The standard InChI is InChI=1S/C26H28N6O/c1-17-9-11-21(12-10-17)26(33)31-15-13-30(14-16-31)24-23-19(3)29-32(25(23)28-20(4)27-24)22-8-6-5-7-18(22)2/h5-12H,13-16H2,1-4H3. The van der Waals surface area contributed by atoms with Gasteiger partial charge in [0.05, 0.1) is 16.8 Å². The second-order valence-corrected chi connectivity index (χ2v) is 8.72. The molecule has 33 heavy (non-hydrogen) atoms. The summed E-state index contributed by atoms with van der Waals surface area (Å²) in [6.45, 7) is 10.8. The smallest absolute Gasteiger partial charge is 0.253 e. The number of carbonyl (C=O) groups excluding carboxylic acids is 1. The molecule has 1 aliphatic rings. The average molecular weight is 441 g/mol. The summed E-state index contributed by atoms with van der Waals surface area (Å²) in [5.41, 5.74) is 5.78. The fraction of sp³-hybridized carbons (Fsp3) is 0.308. The second-order valence-electron chi connectivity index (χ2n) is 8.72. The van der Waals surface area contributed by atoms with Crippen LogP contribution in [-0.2, 0) is 0 Å². The Bertz CT molecular complexity index is 1330. The molecule has 0 aliphatic carbocycles. The lowest BCUT2D eigenvalue weighted by molar-refractivity contribution is 0.0746. The lowest BCUT2D eigenvalue weighted by atomic mass is 10.1. The molecule has 5 rings (SSSR count). The fourth-order valence-electron chi connectivity index (χ4n) is 4.47. The molecule has 0 spiro atoms. The summed E-state index contributed by atoms with van der Waals surface area (Å²) >= 11 is 0. The first kappa shape index (κ1) is 21.1. The van der Waals surface area contributed by atoms with Crippen molar-refractivity contribution in [3.05, 3.63) is 76.7 Å². The van der Waals surface area contributed by atoms with Crippen LogP contribution in [0.4, 0.5) is 5.82 Å². The minimum Gasteiger partial charge on any atom is -0.352 e. The fourth-order valence-corrected chi connectivity index (χ4v) is 4.47. The van der Waals surface area contributed by atoms with Gasteiger partial charge < -0.3 is 9.80 Å². The molecule has 0 bridgehead atoms. The van der Waals surface area contributed by atoms with Crippen LogP contribution >= 0.6 is 0 Å². The predicted octanol–water partition coefficient (Wildman–Crippen LogP) is 4.01. The van der Waals surface area contributed by atoms with E-state index in [-0.39, 0.29) is 5.91 Å². The van der Waals surface area contributed by atoms with Gasteiger partial charge in [0.1, 0.15) is 11.6 Å². The Morgan fingerprint density at radius 2 is 1.55 bits per heavy atom. The normalized spacial score (nSPS) is 14.2. The van der Waals surface area contributed by atoms with Gasteiger partial charge in [-0.15, -0.1) is 0 Å². The number of fused-ring (bicyclic) bond motifs is 1. The number of rotatable bonds is 3. The Labute approximate surface area is 193 Å². The molecule has 0 radical (unpaired) electrons. The molecule has 1 fully saturated rings. The van der Waals surface area contributed by atoms with Crippen LogP contribution in [0.15, 0.2) is 48.5 Å². The number of piperazine rings is 1. The maximum absolute atomic E-state index is 12.9. The third-order valence-electron chi connectivity index (χ3n) is 6.30. The molecular formula is C26H28N6O.